The summed E-state index contributed by atoms with van der Waals surface area (Å²) in [5.74, 6) is 1.18. The van der Waals surface area contributed by atoms with Crippen LogP contribution in [0.25, 0.3) is 0 Å². The number of carbonyl (C=O) groups excluding carboxylic acids is 1. The molecule has 0 aromatic heterocycles. The van der Waals surface area contributed by atoms with Gasteiger partial charge in [-0.15, -0.1) is 0 Å². The SMILES string of the molecule is NC1CC1NC(=O)c1ccc2c(c1)OCO2. The van der Waals surface area contributed by atoms with Crippen molar-refractivity contribution in [3.05, 3.63) is 23.8 Å². The number of rotatable bonds is 2. The molecule has 84 valence electrons. The first-order valence-electron chi connectivity index (χ1n) is 5.20. The zero-order chi connectivity index (χ0) is 11.1. The topological polar surface area (TPSA) is 73.6 Å². The van der Waals surface area contributed by atoms with E-state index in [0.717, 1.165) is 6.42 Å². The molecule has 16 heavy (non-hydrogen) atoms. The zero-order valence-electron chi connectivity index (χ0n) is 8.60. The van der Waals surface area contributed by atoms with Gasteiger partial charge in [0.2, 0.25) is 6.79 Å². The van der Waals surface area contributed by atoms with E-state index in [9.17, 15) is 4.79 Å². The van der Waals surface area contributed by atoms with Crippen molar-refractivity contribution in [1.29, 1.82) is 0 Å². The maximum atomic E-state index is 11.8. The second-order valence-corrected chi connectivity index (χ2v) is 4.05. The maximum Gasteiger partial charge on any atom is 0.251 e. The minimum absolute atomic E-state index is 0.109. The summed E-state index contributed by atoms with van der Waals surface area (Å²) in [6.45, 7) is 0.216. The molecule has 1 aromatic carbocycles. The number of amides is 1. The smallest absolute Gasteiger partial charge is 0.251 e. The molecule has 1 heterocycles. The van der Waals surface area contributed by atoms with Crippen molar-refractivity contribution in [3.63, 3.8) is 0 Å². The van der Waals surface area contributed by atoms with Crippen LogP contribution in [0.3, 0.4) is 0 Å². The zero-order valence-corrected chi connectivity index (χ0v) is 8.60. The minimum atomic E-state index is -0.115. The number of nitrogens with one attached hydrogen (secondary N) is 1. The molecule has 1 aliphatic carbocycles. The van der Waals surface area contributed by atoms with Gasteiger partial charge in [0, 0.05) is 17.6 Å². The Morgan fingerprint density at radius 1 is 1.38 bits per heavy atom. The Morgan fingerprint density at radius 3 is 2.88 bits per heavy atom. The first-order valence-corrected chi connectivity index (χ1v) is 5.20. The van der Waals surface area contributed by atoms with Crippen LogP contribution in [0.15, 0.2) is 18.2 Å². The molecule has 0 bridgehead atoms. The minimum Gasteiger partial charge on any atom is -0.454 e. The van der Waals surface area contributed by atoms with Crippen molar-refractivity contribution in [3.8, 4) is 11.5 Å². The molecule has 1 saturated carbocycles. The van der Waals surface area contributed by atoms with E-state index in [1.807, 2.05) is 0 Å². The molecule has 1 fully saturated rings. The number of fused-ring (bicyclic) bond motifs is 1. The van der Waals surface area contributed by atoms with E-state index < -0.39 is 0 Å². The van der Waals surface area contributed by atoms with Crippen molar-refractivity contribution < 1.29 is 14.3 Å². The molecule has 1 aliphatic heterocycles. The summed E-state index contributed by atoms with van der Waals surface area (Å²) in [6, 6.07) is 5.38. The molecule has 2 unspecified atom stereocenters. The van der Waals surface area contributed by atoms with Gasteiger partial charge in [0.05, 0.1) is 0 Å². The largest absolute Gasteiger partial charge is 0.454 e. The quantitative estimate of drug-likeness (QED) is 0.749. The van der Waals surface area contributed by atoms with Gasteiger partial charge in [-0.25, -0.2) is 0 Å². The average molecular weight is 220 g/mol. The van der Waals surface area contributed by atoms with Gasteiger partial charge in [0.1, 0.15) is 0 Å². The fourth-order valence-electron chi connectivity index (χ4n) is 1.67. The van der Waals surface area contributed by atoms with Gasteiger partial charge in [0.15, 0.2) is 11.5 Å². The standard InChI is InChI=1S/C11H12N2O3/c12-7-4-8(7)13-11(14)6-1-2-9-10(3-6)16-5-15-9/h1-3,7-8H,4-5,12H2,(H,13,14). The normalized spacial score (nSPS) is 25.3. The highest BCUT2D eigenvalue weighted by Crippen LogP contribution is 2.32. The van der Waals surface area contributed by atoms with Gasteiger partial charge in [-0.1, -0.05) is 0 Å². The molecule has 2 aliphatic rings. The molecule has 1 aromatic rings. The number of nitrogens with two attached hydrogens (primary N) is 1. The molecule has 5 nitrogen and oxygen atoms in total. The van der Waals surface area contributed by atoms with Gasteiger partial charge in [-0.3, -0.25) is 4.79 Å². The Kier molecular flexibility index (Phi) is 2.00. The lowest BCUT2D eigenvalue weighted by Gasteiger charge is -2.04. The van der Waals surface area contributed by atoms with Gasteiger partial charge >= 0.3 is 0 Å². The molecular weight excluding hydrogens is 208 g/mol. The van der Waals surface area contributed by atoms with Crippen molar-refractivity contribution in [1.82, 2.24) is 5.32 Å². The third-order valence-corrected chi connectivity index (χ3v) is 2.79. The van der Waals surface area contributed by atoms with Crippen molar-refractivity contribution in [2.24, 2.45) is 5.73 Å². The number of carbonyl (C=O) groups is 1. The third-order valence-electron chi connectivity index (χ3n) is 2.79. The Hall–Kier alpha value is -1.75. The molecule has 0 radical (unpaired) electrons. The van der Waals surface area contributed by atoms with Crippen LogP contribution < -0.4 is 20.5 Å². The Morgan fingerprint density at radius 2 is 2.12 bits per heavy atom. The van der Waals surface area contributed by atoms with Crippen LogP contribution in [0.4, 0.5) is 0 Å². The van der Waals surface area contributed by atoms with E-state index in [2.05, 4.69) is 5.32 Å². The Labute approximate surface area is 92.5 Å². The van der Waals surface area contributed by atoms with Crippen molar-refractivity contribution in [2.45, 2.75) is 18.5 Å². The van der Waals surface area contributed by atoms with Crippen LogP contribution in [-0.2, 0) is 0 Å². The van der Waals surface area contributed by atoms with E-state index in [0.29, 0.717) is 17.1 Å². The van der Waals surface area contributed by atoms with Crippen LogP contribution in [0.1, 0.15) is 16.8 Å². The lowest BCUT2D eigenvalue weighted by Crippen LogP contribution is -2.29. The fourth-order valence-corrected chi connectivity index (χ4v) is 1.67. The number of hydrogen-bond acceptors (Lipinski definition) is 4. The number of ether oxygens (including phenoxy) is 2. The maximum absolute atomic E-state index is 11.8. The van der Waals surface area contributed by atoms with E-state index in [1.54, 1.807) is 18.2 Å². The predicted octanol–water partition coefficient (Wildman–Crippen LogP) is 0.245. The summed E-state index contributed by atoms with van der Waals surface area (Å²) in [5.41, 5.74) is 6.20. The first-order chi connectivity index (χ1) is 7.74. The van der Waals surface area contributed by atoms with E-state index in [1.165, 1.54) is 0 Å². The van der Waals surface area contributed by atoms with Gasteiger partial charge in [0.25, 0.3) is 5.91 Å². The van der Waals surface area contributed by atoms with Gasteiger partial charge in [-0.05, 0) is 24.6 Å². The molecular formula is C11H12N2O3. The van der Waals surface area contributed by atoms with E-state index >= 15 is 0 Å². The second kappa shape index (κ2) is 3.38. The van der Waals surface area contributed by atoms with Crippen LogP contribution in [0.5, 0.6) is 11.5 Å². The summed E-state index contributed by atoms with van der Waals surface area (Å²) < 4.78 is 10.4. The highest BCUT2D eigenvalue weighted by atomic mass is 16.7. The molecule has 0 saturated heterocycles. The summed E-state index contributed by atoms with van der Waals surface area (Å²) in [7, 11) is 0. The molecule has 1 amide bonds. The Bertz CT molecular complexity index is 447. The van der Waals surface area contributed by atoms with E-state index in [-0.39, 0.29) is 24.8 Å². The van der Waals surface area contributed by atoms with Crippen LogP contribution >= 0.6 is 0 Å². The summed E-state index contributed by atoms with van der Waals surface area (Å²) in [6.07, 6.45) is 0.857. The lowest BCUT2D eigenvalue weighted by molar-refractivity contribution is 0.0950. The molecule has 0 spiro atoms. The third kappa shape index (κ3) is 1.59. The van der Waals surface area contributed by atoms with Crippen LogP contribution in [0.2, 0.25) is 0 Å². The second-order valence-electron chi connectivity index (χ2n) is 4.05. The van der Waals surface area contributed by atoms with Crippen LogP contribution in [0, 0.1) is 0 Å². The highest BCUT2D eigenvalue weighted by Gasteiger charge is 2.35. The number of hydrogen-bond donors (Lipinski definition) is 2. The molecule has 5 heteroatoms. The highest BCUT2D eigenvalue weighted by molar-refractivity contribution is 5.95. The summed E-state index contributed by atoms with van der Waals surface area (Å²) >= 11 is 0. The van der Waals surface area contributed by atoms with Crippen LogP contribution in [-0.4, -0.2) is 24.8 Å². The fraction of sp³-hybridized carbons (Fsp3) is 0.364. The molecule has 3 rings (SSSR count). The van der Waals surface area contributed by atoms with Gasteiger partial charge in [-0.2, -0.15) is 0 Å². The lowest BCUT2D eigenvalue weighted by atomic mass is 10.2. The van der Waals surface area contributed by atoms with E-state index in [4.69, 9.17) is 15.2 Å². The van der Waals surface area contributed by atoms with Crippen molar-refractivity contribution in [2.75, 3.05) is 6.79 Å². The summed E-state index contributed by atoms with van der Waals surface area (Å²) in [4.78, 5) is 11.8. The predicted molar refractivity (Wildman–Crippen MR) is 56.4 cm³/mol. The van der Waals surface area contributed by atoms with Crippen molar-refractivity contribution >= 4 is 5.91 Å². The monoisotopic (exact) mass is 220 g/mol. The average Bonchev–Trinajstić information content (AvgIpc) is 2.81. The Balaban J connectivity index is 1.76. The summed E-state index contributed by atoms with van der Waals surface area (Å²) in [5, 5.41) is 2.85. The first kappa shape index (κ1) is 9.47. The van der Waals surface area contributed by atoms with Gasteiger partial charge < -0.3 is 20.5 Å². The molecule has 3 N–H and O–H groups in total. The molecule has 2 atom stereocenters. The number of benzene rings is 1.